The first-order valence-corrected chi connectivity index (χ1v) is 6.66. The van der Waals surface area contributed by atoms with Gasteiger partial charge in [0.1, 0.15) is 5.82 Å². The van der Waals surface area contributed by atoms with Gasteiger partial charge >= 0.3 is 6.18 Å². The molecular weight excluding hydrogens is 272 g/mol. The number of hydrogen-bond acceptors (Lipinski definition) is 2. The number of nitrogens with one attached hydrogen (secondary N) is 1. The van der Waals surface area contributed by atoms with Gasteiger partial charge in [-0.05, 0) is 37.8 Å². The van der Waals surface area contributed by atoms with Gasteiger partial charge in [-0.3, -0.25) is 0 Å². The number of benzene rings is 1. The van der Waals surface area contributed by atoms with Crippen LogP contribution in [0.1, 0.15) is 25.7 Å². The van der Waals surface area contributed by atoms with Crippen molar-refractivity contribution in [1.29, 1.82) is 0 Å². The summed E-state index contributed by atoms with van der Waals surface area (Å²) in [7, 11) is 0. The number of para-hydroxylation sites is 1. The van der Waals surface area contributed by atoms with Gasteiger partial charge in [0.05, 0.1) is 11.6 Å². The smallest absolute Gasteiger partial charge is 0.376 e. The number of anilines is 1. The van der Waals surface area contributed by atoms with Gasteiger partial charge in [-0.1, -0.05) is 12.1 Å². The second kappa shape index (κ2) is 5.60. The zero-order valence-corrected chi connectivity index (χ0v) is 11.0. The predicted octanol–water partition coefficient (Wildman–Crippen LogP) is 3.69. The van der Waals surface area contributed by atoms with E-state index in [1.807, 2.05) is 0 Å². The van der Waals surface area contributed by atoms with Crippen LogP contribution in [-0.2, 0) is 0 Å². The molecule has 0 aliphatic heterocycles. The molecule has 0 bridgehead atoms. The topological polar surface area (TPSA) is 38.0 Å². The Balaban J connectivity index is 2.08. The molecule has 0 unspecified atom stereocenters. The van der Waals surface area contributed by atoms with Gasteiger partial charge < -0.3 is 11.1 Å². The first kappa shape index (κ1) is 15.1. The zero-order valence-electron chi connectivity index (χ0n) is 11.0. The third kappa shape index (κ3) is 3.23. The molecule has 0 spiro atoms. The van der Waals surface area contributed by atoms with E-state index in [0.717, 1.165) is 0 Å². The van der Waals surface area contributed by atoms with E-state index in [1.54, 1.807) is 18.2 Å². The summed E-state index contributed by atoms with van der Waals surface area (Å²) in [5.74, 6) is -1.69. The van der Waals surface area contributed by atoms with Gasteiger partial charge in [0, 0.05) is 12.1 Å². The molecule has 1 saturated carbocycles. The minimum absolute atomic E-state index is 0.0299. The zero-order chi connectivity index (χ0) is 14.8. The molecule has 112 valence electrons. The summed E-state index contributed by atoms with van der Waals surface area (Å²) >= 11 is 0. The van der Waals surface area contributed by atoms with Crippen LogP contribution in [0, 0.1) is 11.7 Å². The van der Waals surface area contributed by atoms with Gasteiger partial charge in [-0.2, -0.15) is 13.2 Å². The highest BCUT2D eigenvalue weighted by atomic mass is 19.4. The van der Waals surface area contributed by atoms with Crippen LogP contribution in [0.15, 0.2) is 24.3 Å². The molecule has 1 aliphatic rings. The number of halogens is 4. The van der Waals surface area contributed by atoms with E-state index >= 15 is 0 Å². The normalized spacial score (nSPS) is 27.4. The maximum Gasteiger partial charge on any atom is 0.391 e. The Bertz CT molecular complexity index is 451. The fourth-order valence-corrected chi connectivity index (χ4v) is 2.73. The summed E-state index contributed by atoms with van der Waals surface area (Å²) in [5, 5.41) is 3.02. The summed E-state index contributed by atoms with van der Waals surface area (Å²) in [5.41, 5.74) is 5.37. The maximum atomic E-state index is 13.6. The Labute approximate surface area is 115 Å². The van der Waals surface area contributed by atoms with Crippen LogP contribution in [0.4, 0.5) is 23.2 Å². The van der Waals surface area contributed by atoms with E-state index in [0.29, 0.717) is 18.5 Å². The lowest BCUT2D eigenvalue weighted by Crippen LogP contribution is -2.49. The summed E-state index contributed by atoms with van der Waals surface area (Å²) in [4.78, 5) is 0. The van der Waals surface area contributed by atoms with Crippen molar-refractivity contribution in [2.75, 3.05) is 11.9 Å². The van der Waals surface area contributed by atoms with E-state index in [1.165, 1.54) is 6.07 Å². The van der Waals surface area contributed by atoms with Gasteiger partial charge in [0.25, 0.3) is 0 Å². The molecule has 2 rings (SSSR count). The van der Waals surface area contributed by atoms with Gasteiger partial charge in [0.15, 0.2) is 0 Å². The molecule has 0 amide bonds. The molecule has 1 aromatic rings. The maximum absolute atomic E-state index is 13.6. The Morgan fingerprint density at radius 3 is 2.30 bits per heavy atom. The van der Waals surface area contributed by atoms with E-state index in [2.05, 4.69) is 5.32 Å². The second-order valence-electron chi connectivity index (χ2n) is 5.41. The van der Waals surface area contributed by atoms with Crippen molar-refractivity contribution in [3.05, 3.63) is 30.1 Å². The number of rotatable bonds is 3. The van der Waals surface area contributed by atoms with E-state index in [4.69, 9.17) is 5.73 Å². The van der Waals surface area contributed by atoms with E-state index < -0.39 is 23.5 Å². The van der Waals surface area contributed by atoms with Crippen LogP contribution in [0.5, 0.6) is 0 Å². The molecule has 0 saturated heterocycles. The van der Waals surface area contributed by atoms with Crippen molar-refractivity contribution in [2.45, 2.75) is 37.4 Å². The lowest BCUT2D eigenvalue weighted by atomic mass is 9.76. The molecular formula is C14H18F4N2. The third-order valence-electron chi connectivity index (χ3n) is 4.07. The molecule has 0 radical (unpaired) electrons. The molecule has 20 heavy (non-hydrogen) atoms. The van der Waals surface area contributed by atoms with Crippen molar-refractivity contribution in [3.8, 4) is 0 Å². The van der Waals surface area contributed by atoms with Crippen LogP contribution >= 0.6 is 0 Å². The second-order valence-corrected chi connectivity index (χ2v) is 5.41. The Morgan fingerprint density at radius 1 is 1.20 bits per heavy atom. The van der Waals surface area contributed by atoms with Crippen molar-refractivity contribution < 1.29 is 17.6 Å². The van der Waals surface area contributed by atoms with Crippen LogP contribution in [0.2, 0.25) is 0 Å². The van der Waals surface area contributed by atoms with Crippen LogP contribution in [0.25, 0.3) is 0 Å². The summed E-state index contributed by atoms with van der Waals surface area (Å²) < 4.78 is 51.7. The largest absolute Gasteiger partial charge is 0.391 e. The summed E-state index contributed by atoms with van der Waals surface area (Å²) in [6, 6.07) is 6.13. The van der Waals surface area contributed by atoms with Crippen molar-refractivity contribution in [1.82, 2.24) is 0 Å². The quantitative estimate of drug-likeness (QED) is 0.833. The monoisotopic (exact) mass is 290 g/mol. The van der Waals surface area contributed by atoms with E-state index in [9.17, 15) is 17.6 Å². The summed E-state index contributed by atoms with van der Waals surface area (Å²) in [6.07, 6.45) is -3.51. The number of hydrogen-bond donors (Lipinski definition) is 2. The standard InChI is InChI=1S/C14H18F4N2/c15-11-3-1-2-4-12(11)20-13(9-19)7-5-10(6-8-13)14(16,17)18/h1-4,10,20H,5-9,19H2. The van der Waals surface area contributed by atoms with Crippen LogP contribution < -0.4 is 11.1 Å². The highest BCUT2D eigenvalue weighted by Crippen LogP contribution is 2.42. The molecule has 1 aromatic carbocycles. The lowest BCUT2D eigenvalue weighted by molar-refractivity contribution is -0.183. The molecule has 0 heterocycles. The number of nitrogens with two attached hydrogens (primary N) is 1. The SMILES string of the molecule is NCC1(Nc2ccccc2F)CCC(C(F)(F)F)CC1. The molecule has 2 nitrogen and oxygen atoms in total. The van der Waals surface area contributed by atoms with Crippen molar-refractivity contribution in [2.24, 2.45) is 11.7 Å². The molecule has 0 aromatic heterocycles. The highest BCUT2D eigenvalue weighted by Gasteiger charge is 2.45. The third-order valence-corrected chi connectivity index (χ3v) is 4.07. The fourth-order valence-electron chi connectivity index (χ4n) is 2.73. The van der Waals surface area contributed by atoms with Crippen molar-refractivity contribution >= 4 is 5.69 Å². The Kier molecular flexibility index (Phi) is 4.22. The average molecular weight is 290 g/mol. The molecule has 6 heteroatoms. The number of alkyl halides is 3. The minimum atomic E-state index is -4.15. The highest BCUT2D eigenvalue weighted by molar-refractivity contribution is 5.47. The average Bonchev–Trinajstić information content (AvgIpc) is 2.41. The minimum Gasteiger partial charge on any atom is -0.376 e. The fraction of sp³-hybridized carbons (Fsp3) is 0.571. The Morgan fingerprint density at radius 2 is 1.80 bits per heavy atom. The van der Waals surface area contributed by atoms with E-state index in [-0.39, 0.29) is 19.4 Å². The molecule has 0 atom stereocenters. The first-order chi connectivity index (χ1) is 9.36. The van der Waals surface area contributed by atoms with Gasteiger partial charge in [0.2, 0.25) is 0 Å². The lowest BCUT2D eigenvalue weighted by Gasteiger charge is -2.41. The van der Waals surface area contributed by atoms with Gasteiger partial charge in [-0.25, -0.2) is 4.39 Å². The van der Waals surface area contributed by atoms with Crippen molar-refractivity contribution in [3.63, 3.8) is 0 Å². The summed E-state index contributed by atoms with van der Waals surface area (Å²) in [6.45, 7) is 0.186. The predicted molar refractivity (Wildman–Crippen MR) is 69.8 cm³/mol. The molecule has 3 N–H and O–H groups in total. The first-order valence-electron chi connectivity index (χ1n) is 6.66. The molecule has 1 aliphatic carbocycles. The van der Waals surface area contributed by atoms with Crippen LogP contribution in [-0.4, -0.2) is 18.3 Å². The molecule has 1 fully saturated rings. The Hall–Kier alpha value is -1.30. The van der Waals surface area contributed by atoms with Gasteiger partial charge in [-0.15, -0.1) is 0 Å². The van der Waals surface area contributed by atoms with Crippen LogP contribution in [0.3, 0.4) is 0 Å².